The normalized spacial score (nSPS) is 11.0. The smallest absolute Gasteiger partial charge is 0.340 e. The van der Waals surface area contributed by atoms with Gasteiger partial charge in [0.15, 0.2) is 11.5 Å². The molecule has 0 saturated heterocycles. The molecule has 0 aliphatic rings. The number of carbonyl (C=O) groups is 1. The third kappa shape index (κ3) is 4.12. The zero-order valence-corrected chi connectivity index (χ0v) is 16.9. The van der Waals surface area contributed by atoms with E-state index in [9.17, 15) is 13.2 Å². The summed E-state index contributed by atoms with van der Waals surface area (Å²) in [6, 6.07) is 8.59. The van der Waals surface area contributed by atoms with Gasteiger partial charge in [-0.3, -0.25) is 4.31 Å². The minimum absolute atomic E-state index is 0.0366. The van der Waals surface area contributed by atoms with Crippen molar-refractivity contribution in [2.45, 2.75) is 11.8 Å². The summed E-state index contributed by atoms with van der Waals surface area (Å²) in [6.45, 7) is 1.73. The average Bonchev–Trinajstić information content (AvgIpc) is 2.67. The maximum absolute atomic E-state index is 13.2. The number of nitrogens with zero attached hydrogens (tertiary/aromatic N) is 1. The molecule has 9 heteroatoms. The van der Waals surface area contributed by atoms with Crippen LogP contribution in [0.1, 0.15) is 17.3 Å². The van der Waals surface area contributed by atoms with E-state index in [1.807, 2.05) is 0 Å². The first kappa shape index (κ1) is 20.9. The number of methoxy groups -OCH3 is 3. The number of sulfonamides is 1. The van der Waals surface area contributed by atoms with E-state index in [1.165, 1.54) is 57.7 Å². The van der Waals surface area contributed by atoms with Crippen molar-refractivity contribution in [2.24, 2.45) is 0 Å². The topological polar surface area (TPSA) is 82.1 Å². The third-order valence-corrected chi connectivity index (χ3v) is 6.02. The van der Waals surface area contributed by atoms with Gasteiger partial charge in [0.2, 0.25) is 0 Å². The molecule has 146 valence electrons. The van der Waals surface area contributed by atoms with E-state index in [4.69, 9.17) is 25.8 Å². The molecule has 27 heavy (non-hydrogen) atoms. The molecule has 0 unspecified atom stereocenters. The Kier molecular flexibility index (Phi) is 6.56. The Morgan fingerprint density at radius 2 is 1.59 bits per heavy atom. The van der Waals surface area contributed by atoms with Gasteiger partial charge in [-0.25, -0.2) is 13.2 Å². The first-order valence-corrected chi connectivity index (χ1v) is 9.74. The number of ether oxygens (including phenoxy) is 3. The van der Waals surface area contributed by atoms with Gasteiger partial charge in [-0.15, -0.1) is 0 Å². The summed E-state index contributed by atoms with van der Waals surface area (Å²) in [7, 11) is 0.0932. The van der Waals surface area contributed by atoms with Gasteiger partial charge in [0.1, 0.15) is 0 Å². The average molecular weight is 414 g/mol. The van der Waals surface area contributed by atoms with Crippen LogP contribution in [0.15, 0.2) is 41.3 Å². The fourth-order valence-electron chi connectivity index (χ4n) is 2.55. The quantitative estimate of drug-likeness (QED) is 0.647. The summed E-state index contributed by atoms with van der Waals surface area (Å²) in [4.78, 5) is 12.3. The van der Waals surface area contributed by atoms with E-state index < -0.39 is 16.0 Å². The Balaban J connectivity index is 2.71. The second-order valence-corrected chi connectivity index (χ2v) is 7.64. The van der Waals surface area contributed by atoms with Crippen LogP contribution < -0.4 is 13.8 Å². The zero-order chi connectivity index (χ0) is 20.2. The number of hydrogen-bond donors (Lipinski definition) is 0. The molecule has 0 heterocycles. The fraction of sp³-hybridized carbons (Fsp3) is 0.278. The van der Waals surface area contributed by atoms with Gasteiger partial charge in [-0.1, -0.05) is 11.6 Å². The molecule has 0 atom stereocenters. The molecular formula is C18H20ClNO6S. The Hall–Kier alpha value is -2.45. The lowest BCUT2D eigenvalue weighted by Gasteiger charge is -2.26. The standard InChI is InChI=1S/C18H20ClNO6S/c1-5-20(27(22,23)13-8-6-12(19)7-9-13)15-11-17(25-3)16(24-2)10-14(15)18(21)26-4/h6-11H,5H2,1-4H3. The Labute approximate surface area is 163 Å². The molecule has 0 amide bonds. The van der Waals surface area contributed by atoms with Crippen LogP contribution in [-0.4, -0.2) is 42.3 Å². The lowest BCUT2D eigenvalue weighted by molar-refractivity contribution is 0.0601. The summed E-state index contributed by atoms with van der Waals surface area (Å²) < 4.78 is 42.7. The van der Waals surface area contributed by atoms with Crippen molar-refractivity contribution in [1.82, 2.24) is 0 Å². The van der Waals surface area contributed by atoms with Gasteiger partial charge in [0.25, 0.3) is 10.0 Å². The number of halogens is 1. The van der Waals surface area contributed by atoms with Crippen molar-refractivity contribution in [3.8, 4) is 11.5 Å². The monoisotopic (exact) mass is 413 g/mol. The Morgan fingerprint density at radius 1 is 1.04 bits per heavy atom. The largest absolute Gasteiger partial charge is 0.493 e. The number of carbonyl (C=O) groups excluding carboxylic acids is 1. The van der Waals surface area contributed by atoms with Crippen molar-refractivity contribution in [2.75, 3.05) is 32.2 Å². The van der Waals surface area contributed by atoms with E-state index >= 15 is 0 Å². The third-order valence-electron chi connectivity index (χ3n) is 3.86. The van der Waals surface area contributed by atoms with Crippen LogP contribution in [0.25, 0.3) is 0 Å². The van der Waals surface area contributed by atoms with Gasteiger partial charge in [-0.2, -0.15) is 0 Å². The first-order chi connectivity index (χ1) is 12.8. The van der Waals surface area contributed by atoms with E-state index in [2.05, 4.69) is 0 Å². The summed E-state index contributed by atoms with van der Waals surface area (Å²) in [5.74, 6) is -0.137. The molecule has 2 aromatic rings. The molecule has 0 spiro atoms. The van der Waals surface area contributed by atoms with Gasteiger partial charge in [0, 0.05) is 23.7 Å². The molecule has 0 aromatic heterocycles. The summed E-state index contributed by atoms with van der Waals surface area (Å²) in [6.07, 6.45) is 0. The summed E-state index contributed by atoms with van der Waals surface area (Å²) in [5.41, 5.74) is 0.159. The van der Waals surface area contributed by atoms with Gasteiger partial charge in [0.05, 0.1) is 37.5 Å². The summed E-state index contributed by atoms with van der Waals surface area (Å²) >= 11 is 5.85. The van der Waals surface area contributed by atoms with Crippen LogP contribution in [0.5, 0.6) is 11.5 Å². The molecule has 0 N–H and O–H groups in total. The lowest BCUT2D eigenvalue weighted by atomic mass is 10.1. The molecule has 0 fully saturated rings. The van der Waals surface area contributed by atoms with Crippen molar-refractivity contribution in [3.05, 3.63) is 47.0 Å². The highest BCUT2D eigenvalue weighted by Crippen LogP contribution is 2.37. The van der Waals surface area contributed by atoms with Crippen molar-refractivity contribution >= 4 is 33.3 Å². The van der Waals surface area contributed by atoms with Crippen LogP contribution in [0.2, 0.25) is 5.02 Å². The van der Waals surface area contributed by atoms with E-state index in [1.54, 1.807) is 6.92 Å². The number of anilines is 1. The number of esters is 1. The van der Waals surface area contributed by atoms with Crippen LogP contribution in [0.4, 0.5) is 5.69 Å². The highest BCUT2D eigenvalue weighted by molar-refractivity contribution is 7.92. The molecule has 0 saturated carbocycles. The molecule has 0 radical (unpaired) electrons. The minimum atomic E-state index is -3.96. The van der Waals surface area contributed by atoms with Crippen molar-refractivity contribution in [3.63, 3.8) is 0 Å². The predicted octanol–water partition coefficient (Wildman–Crippen LogP) is 3.36. The van der Waals surface area contributed by atoms with Crippen LogP contribution in [-0.2, 0) is 14.8 Å². The predicted molar refractivity (Wildman–Crippen MR) is 103 cm³/mol. The maximum Gasteiger partial charge on any atom is 0.340 e. The van der Waals surface area contributed by atoms with Crippen LogP contribution in [0.3, 0.4) is 0 Å². The van der Waals surface area contributed by atoms with Gasteiger partial charge < -0.3 is 14.2 Å². The highest BCUT2D eigenvalue weighted by atomic mass is 35.5. The molecular weight excluding hydrogens is 394 g/mol. The van der Waals surface area contributed by atoms with E-state index in [0.717, 1.165) is 4.31 Å². The number of rotatable bonds is 7. The van der Waals surface area contributed by atoms with Gasteiger partial charge in [-0.05, 0) is 31.2 Å². The van der Waals surface area contributed by atoms with Crippen molar-refractivity contribution < 1.29 is 27.4 Å². The molecule has 2 rings (SSSR count). The van der Waals surface area contributed by atoms with Crippen LogP contribution >= 0.6 is 11.6 Å². The van der Waals surface area contributed by atoms with Gasteiger partial charge >= 0.3 is 5.97 Å². The maximum atomic E-state index is 13.2. The molecule has 0 bridgehead atoms. The Morgan fingerprint density at radius 3 is 2.07 bits per heavy atom. The SMILES string of the molecule is CCN(c1cc(OC)c(OC)cc1C(=O)OC)S(=O)(=O)c1ccc(Cl)cc1. The highest BCUT2D eigenvalue weighted by Gasteiger charge is 2.29. The molecule has 7 nitrogen and oxygen atoms in total. The number of benzene rings is 2. The minimum Gasteiger partial charge on any atom is -0.493 e. The molecule has 2 aromatic carbocycles. The number of hydrogen-bond acceptors (Lipinski definition) is 6. The second-order valence-electron chi connectivity index (χ2n) is 5.34. The molecule has 0 aliphatic carbocycles. The second kappa shape index (κ2) is 8.49. The van der Waals surface area contributed by atoms with Crippen LogP contribution in [0, 0.1) is 0 Å². The fourth-order valence-corrected chi connectivity index (χ4v) is 4.16. The van der Waals surface area contributed by atoms with E-state index in [0.29, 0.717) is 5.02 Å². The van der Waals surface area contributed by atoms with Crippen molar-refractivity contribution in [1.29, 1.82) is 0 Å². The summed E-state index contributed by atoms with van der Waals surface area (Å²) in [5, 5.41) is 0.415. The first-order valence-electron chi connectivity index (χ1n) is 7.92. The molecule has 0 aliphatic heterocycles. The van der Waals surface area contributed by atoms with E-state index in [-0.39, 0.29) is 34.2 Å². The lowest BCUT2D eigenvalue weighted by Crippen LogP contribution is -2.32. The zero-order valence-electron chi connectivity index (χ0n) is 15.4. The Bertz CT molecular complexity index is 928.